The Kier molecular flexibility index (Phi) is 7.58. The summed E-state index contributed by atoms with van der Waals surface area (Å²) in [4.78, 5) is 15.2. The lowest BCUT2D eigenvalue weighted by molar-refractivity contribution is 0.573. The number of nitroso groups, excluding NO2 is 1. The normalized spacial score (nSPS) is 15.6. The van der Waals surface area contributed by atoms with Crippen LogP contribution in [0.4, 0.5) is 5.69 Å². The number of tetrazole rings is 1. The fraction of sp³-hybridized carbons (Fsp3) is 0.533. The molecule has 2 aromatic rings. The Morgan fingerprint density at radius 2 is 2.11 bits per heavy atom. The Morgan fingerprint density at radius 3 is 2.79 bits per heavy atom. The molecule has 1 aliphatic heterocycles. The van der Waals surface area contributed by atoms with Crippen LogP contribution < -0.4 is 20.5 Å². The van der Waals surface area contributed by atoms with Crippen LogP contribution in [-0.4, -0.2) is 51.0 Å². The Bertz CT molecular complexity index is 798. The summed E-state index contributed by atoms with van der Waals surface area (Å²) in [5.41, 5.74) is 6.90. The van der Waals surface area contributed by atoms with Crippen LogP contribution >= 0.6 is 11.9 Å². The number of nitrogens with one attached hydrogen (secondary N) is 1. The van der Waals surface area contributed by atoms with Gasteiger partial charge in [-0.05, 0) is 66.7 Å². The van der Waals surface area contributed by atoms with E-state index in [0.29, 0.717) is 34.9 Å². The molecule has 0 saturated carbocycles. The first-order valence-corrected chi connectivity index (χ1v) is 11.0. The van der Waals surface area contributed by atoms with Crippen molar-refractivity contribution in [2.24, 2.45) is 16.2 Å². The number of hydrogen-bond acceptors (Lipinski definition) is 11. The molecule has 28 heavy (non-hydrogen) atoms. The van der Waals surface area contributed by atoms with E-state index in [1.54, 1.807) is 6.07 Å². The van der Waals surface area contributed by atoms with E-state index in [1.807, 2.05) is 6.07 Å². The molecule has 152 valence electrons. The van der Waals surface area contributed by atoms with Crippen LogP contribution in [0.15, 0.2) is 27.2 Å². The molecule has 5 N–H and O–H groups in total. The van der Waals surface area contributed by atoms with E-state index in [0.717, 1.165) is 48.4 Å². The van der Waals surface area contributed by atoms with Gasteiger partial charge in [-0.1, -0.05) is 4.79 Å². The summed E-state index contributed by atoms with van der Waals surface area (Å²) in [7, 11) is 0. The highest BCUT2D eigenvalue weighted by Gasteiger charge is 2.29. The van der Waals surface area contributed by atoms with Crippen LogP contribution in [0, 0.1) is 4.91 Å². The molecule has 1 unspecified atom stereocenters. The topological polar surface area (TPSA) is 163 Å². The van der Waals surface area contributed by atoms with Gasteiger partial charge in [0.2, 0.25) is 5.82 Å². The molecule has 1 aliphatic rings. The molecule has 0 spiro atoms. The van der Waals surface area contributed by atoms with Gasteiger partial charge in [0.15, 0.2) is 4.90 Å². The Labute approximate surface area is 170 Å². The third-order valence-electron chi connectivity index (χ3n) is 4.48. The fourth-order valence-corrected chi connectivity index (χ4v) is 4.98. The molecule has 1 aromatic carbocycles. The highest BCUT2D eigenvalue weighted by Crippen LogP contribution is 2.41. The Balaban J connectivity index is 2.09. The molecule has 1 fully saturated rings. The second kappa shape index (κ2) is 10.1. The zero-order valence-corrected chi connectivity index (χ0v) is 16.9. The van der Waals surface area contributed by atoms with Crippen molar-refractivity contribution in [3.63, 3.8) is 0 Å². The molecular weight excluding hydrogens is 402 g/mol. The van der Waals surface area contributed by atoms with Gasteiger partial charge in [-0.3, -0.25) is 5.14 Å². The van der Waals surface area contributed by atoms with E-state index in [4.69, 9.17) is 10.9 Å². The number of rotatable bonds is 9. The highest BCUT2D eigenvalue weighted by atomic mass is 32.2. The molecule has 0 bridgehead atoms. The molecule has 1 saturated heterocycles. The summed E-state index contributed by atoms with van der Waals surface area (Å²) in [5.74, 6) is 0.171. The number of piperidine rings is 1. The molecule has 13 heteroatoms. The number of nitrogens with zero attached hydrogens (tertiary/aromatic N) is 6. The maximum atomic E-state index is 12.8. The van der Waals surface area contributed by atoms with Crippen molar-refractivity contribution in [2.45, 2.75) is 35.5 Å². The summed E-state index contributed by atoms with van der Waals surface area (Å²) in [6, 6.07) is 3.67. The van der Waals surface area contributed by atoms with Crippen LogP contribution in [-0.2, 0) is 11.4 Å². The molecule has 11 nitrogen and oxygen atoms in total. The van der Waals surface area contributed by atoms with E-state index in [-0.39, 0.29) is 5.82 Å². The SMILES string of the molecule is NCCCN[S+]([O-])c1ccc(N2CCCCC2)c(-c2nnnn2N=O)c1SN. The predicted octanol–water partition coefficient (Wildman–Crippen LogP) is 0.787. The average Bonchev–Trinajstić information content (AvgIpc) is 3.21. The van der Waals surface area contributed by atoms with Gasteiger partial charge in [0.05, 0.1) is 27.1 Å². The van der Waals surface area contributed by atoms with Crippen molar-refractivity contribution >= 4 is 29.0 Å². The summed E-state index contributed by atoms with van der Waals surface area (Å²) in [6.45, 7) is 2.75. The third kappa shape index (κ3) is 4.45. The molecular formula is C15H23N9O2S2. The van der Waals surface area contributed by atoms with Gasteiger partial charge in [-0.2, -0.15) is 0 Å². The van der Waals surface area contributed by atoms with Gasteiger partial charge >= 0.3 is 0 Å². The van der Waals surface area contributed by atoms with E-state index in [2.05, 4.69) is 30.4 Å². The van der Waals surface area contributed by atoms with Crippen LogP contribution in [0.2, 0.25) is 0 Å². The Morgan fingerprint density at radius 1 is 1.32 bits per heavy atom. The van der Waals surface area contributed by atoms with E-state index in [9.17, 15) is 9.46 Å². The lowest BCUT2D eigenvalue weighted by Gasteiger charge is -2.31. The first-order chi connectivity index (χ1) is 13.7. The molecule has 0 amide bonds. The van der Waals surface area contributed by atoms with Crippen molar-refractivity contribution in [1.29, 1.82) is 0 Å². The monoisotopic (exact) mass is 425 g/mol. The van der Waals surface area contributed by atoms with Crippen molar-refractivity contribution in [2.75, 3.05) is 31.1 Å². The smallest absolute Gasteiger partial charge is 0.213 e. The molecule has 1 atom stereocenters. The zero-order chi connectivity index (χ0) is 19.9. The van der Waals surface area contributed by atoms with Gasteiger partial charge in [0.1, 0.15) is 0 Å². The molecule has 3 rings (SSSR count). The van der Waals surface area contributed by atoms with E-state index >= 15 is 0 Å². The van der Waals surface area contributed by atoms with Crippen LogP contribution in [0.1, 0.15) is 25.7 Å². The lowest BCUT2D eigenvalue weighted by atomic mass is 10.1. The minimum absolute atomic E-state index is 0.171. The number of benzene rings is 1. The maximum absolute atomic E-state index is 12.8. The second-order valence-electron chi connectivity index (χ2n) is 6.23. The van der Waals surface area contributed by atoms with Crippen molar-refractivity contribution in [3.8, 4) is 11.4 Å². The molecule has 1 aromatic heterocycles. The number of anilines is 1. The summed E-state index contributed by atoms with van der Waals surface area (Å²) in [6.07, 6.45) is 4.00. The molecule has 2 heterocycles. The lowest BCUT2D eigenvalue weighted by Crippen LogP contribution is -2.31. The van der Waals surface area contributed by atoms with Crippen molar-refractivity contribution in [3.05, 3.63) is 17.0 Å². The van der Waals surface area contributed by atoms with Crippen LogP contribution in [0.3, 0.4) is 0 Å². The maximum Gasteiger partial charge on any atom is 0.213 e. The third-order valence-corrected chi connectivity index (χ3v) is 6.48. The molecule has 0 radical (unpaired) electrons. The van der Waals surface area contributed by atoms with Gasteiger partial charge in [-0.25, -0.2) is 0 Å². The van der Waals surface area contributed by atoms with Crippen molar-refractivity contribution in [1.82, 2.24) is 25.0 Å². The first kappa shape index (κ1) is 21.0. The van der Waals surface area contributed by atoms with Gasteiger partial charge < -0.3 is 15.2 Å². The quantitative estimate of drug-likeness (QED) is 0.226. The Hall–Kier alpha value is -1.77. The number of nitrogens with two attached hydrogens (primary N) is 2. The van der Waals surface area contributed by atoms with Crippen LogP contribution in [0.25, 0.3) is 11.4 Å². The minimum Gasteiger partial charge on any atom is -0.593 e. The van der Waals surface area contributed by atoms with E-state index < -0.39 is 11.4 Å². The van der Waals surface area contributed by atoms with Gasteiger partial charge in [0.25, 0.3) is 0 Å². The summed E-state index contributed by atoms with van der Waals surface area (Å²) in [5, 5.41) is 20.0. The average molecular weight is 426 g/mol. The summed E-state index contributed by atoms with van der Waals surface area (Å²) < 4.78 is 15.7. The fourth-order valence-electron chi connectivity index (χ4n) is 3.16. The molecule has 0 aliphatic carbocycles. The first-order valence-electron chi connectivity index (χ1n) is 8.97. The van der Waals surface area contributed by atoms with Gasteiger partial charge in [-0.15, -0.1) is 14.7 Å². The highest BCUT2D eigenvalue weighted by molar-refractivity contribution is 7.98. The van der Waals surface area contributed by atoms with Crippen molar-refractivity contribution < 1.29 is 4.55 Å². The minimum atomic E-state index is -1.50. The second-order valence-corrected chi connectivity index (χ2v) is 8.14. The van der Waals surface area contributed by atoms with Crippen LogP contribution in [0.5, 0.6) is 0 Å². The summed E-state index contributed by atoms with van der Waals surface area (Å²) >= 11 is -0.553. The van der Waals surface area contributed by atoms with Gasteiger partial charge in [0, 0.05) is 25.3 Å². The van der Waals surface area contributed by atoms with E-state index in [1.165, 1.54) is 6.42 Å². The standard InChI is InChI=1S/C15H23N9O2S2/c16-7-4-8-18-28(26)12-6-5-11(23-9-2-1-3-10-23)13(14(12)27-17)15-19-20-21-24(15)22-25/h5-6,18H,1-4,7-10,16-17H2. The number of hydrogen-bond donors (Lipinski definition) is 3. The predicted molar refractivity (Wildman–Crippen MR) is 109 cm³/mol. The zero-order valence-electron chi connectivity index (χ0n) is 15.3. The number of aromatic nitrogens is 4. The largest absolute Gasteiger partial charge is 0.593 e.